The van der Waals surface area contributed by atoms with Crippen LogP contribution in [0.4, 0.5) is 0 Å². The van der Waals surface area contributed by atoms with Gasteiger partial charge in [-0.05, 0) is 29.8 Å². The predicted molar refractivity (Wildman–Crippen MR) is 111 cm³/mol. The molecular weight excluding hydrogens is 387 g/mol. The third-order valence-electron chi connectivity index (χ3n) is 4.64. The summed E-state index contributed by atoms with van der Waals surface area (Å²) in [5.41, 5.74) is 1.18. The lowest BCUT2D eigenvalue weighted by molar-refractivity contribution is 0.146. The van der Waals surface area contributed by atoms with Gasteiger partial charge in [0.2, 0.25) is 0 Å². The maximum absolute atomic E-state index is 6.13. The highest BCUT2D eigenvalue weighted by molar-refractivity contribution is 7.15. The molecular formula is C19H22Cl2N4S. The smallest absolute Gasteiger partial charge is 0.127 e. The summed E-state index contributed by atoms with van der Waals surface area (Å²) in [4.78, 5) is 9.72. The second kappa shape index (κ2) is 8.55. The van der Waals surface area contributed by atoms with Crippen LogP contribution in [0.5, 0.6) is 0 Å². The molecule has 4 nitrogen and oxygen atoms in total. The van der Waals surface area contributed by atoms with E-state index in [1.165, 1.54) is 15.3 Å². The van der Waals surface area contributed by atoms with E-state index in [1.807, 2.05) is 41.9 Å². The molecule has 1 aliphatic heterocycles. The summed E-state index contributed by atoms with van der Waals surface area (Å²) in [6.07, 6.45) is 3.90. The van der Waals surface area contributed by atoms with Crippen LogP contribution >= 0.6 is 35.3 Å². The average Bonchev–Trinajstić information content (AvgIpc) is 3.25. The summed E-state index contributed by atoms with van der Waals surface area (Å²) in [5, 5.41) is 4.28. The SMILES string of the molecule is Cl.Cn1ccnc1C1CNCCN1Cc1ccc(-c2cccc(Cl)c2)s1. The number of aromatic nitrogens is 2. The van der Waals surface area contributed by atoms with Crippen molar-refractivity contribution < 1.29 is 0 Å². The molecule has 7 heteroatoms. The van der Waals surface area contributed by atoms with E-state index in [2.05, 4.69) is 45.0 Å². The van der Waals surface area contributed by atoms with Crippen LogP contribution in [0.1, 0.15) is 16.7 Å². The van der Waals surface area contributed by atoms with Crippen molar-refractivity contribution in [2.45, 2.75) is 12.6 Å². The van der Waals surface area contributed by atoms with Gasteiger partial charge >= 0.3 is 0 Å². The summed E-state index contributed by atoms with van der Waals surface area (Å²) in [6.45, 7) is 3.94. The maximum atomic E-state index is 6.13. The Hall–Kier alpha value is -1.37. The molecule has 2 aromatic heterocycles. The number of nitrogens with zero attached hydrogens (tertiary/aromatic N) is 3. The van der Waals surface area contributed by atoms with E-state index in [4.69, 9.17) is 11.6 Å². The fraction of sp³-hybridized carbons (Fsp3) is 0.316. The van der Waals surface area contributed by atoms with Crippen LogP contribution in [0.25, 0.3) is 10.4 Å². The standard InChI is InChI=1S/C19H21ClN4S.ClH/c1-23-9-8-22-19(23)17-12-21-7-10-24(17)13-16-5-6-18(25-16)14-3-2-4-15(20)11-14;/h2-6,8-9,11,17,21H,7,10,12-13H2,1H3;1H. The summed E-state index contributed by atoms with van der Waals surface area (Å²) in [7, 11) is 2.07. The highest BCUT2D eigenvalue weighted by atomic mass is 35.5. The van der Waals surface area contributed by atoms with Gasteiger partial charge in [0.15, 0.2) is 0 Å². The van der Waals surface area contributed by atoms with E-state index >= 15 is 0 Å². The molecule has 0 radical (unpaired) electrons. The number of hydrogen-bond acceptors (Lipinski definition) is 4. The number of benzene rings is 1. The van der Waals surface area contributed by atoms with Crippen molar-refractivity contribution in [2.24, 2.45) is 7.05 Å². The predicted octanol–water partition coefficient (Wildman–Crippen LogP) is 4.37. The quantitative estimate of drug-likeness (QED) is 0.695. The van der Waals surface area contributed by atoms with Crippen LogP contribution in [-0.2, 0) is 13.6 Å². The Morgan fingerprint density at radius 1 is 1.31 bits per heavy atom. The Bertz CT molecular complexity index is 861. The summed E-state index contributed by atoms with van der Waals surface area (Å²) in [5.74, 6) is 1.12. The third kappa shape index (κ3) is 4.13. The van der Waals surface area contributed by atoms with E-state index in [9.17, 15) is 0 Å². The van der Waals surface area contributed by atoms with E-state index in [0.29, 0.717) is 6.04 Å². The van der Waals surface area contributed by atoms with Crippen molar-refractivity contribution in [1.29, 1.82) is 0 Å². The summed E-state index contributed by atoms with van der Waals surface area (Å²) >= 11 is 7.97. The summed E-state index contributed by atoms with van der Waals surface area (Å²) < 4.78 is 2.12. The van der Waals surface area contributed by atoms with Crippen molar-refractivity contribution in [3.05, 3.63) is 64.5 Å². The number of thiophene rings is 1. The van der Waals surface area contributed by atoms with Gasteiger partial charge < -0.3 is 9.88 Å². The van der Waals surface area contributed by atoms with Crippen molar-refractivity contribution in [3.8, 4) is 10.4 Å². The average molecular weight is 409 g/mol. The normalized spacial score (nSPS) is 17.8. The van der Waals surface area contributed by atoms with Gasteiger partial charge in [-0.1, -0.05) is 23.7 Å². The molecule has 1 fully saturated rings. The van der Waals surface area contributed by atoms with Gasteiger partial charge in [-0.3, -0.25) is 4.90 Å². The van der Waals surface area contributed by atoms with Gasteiger partial charge in [-0.15, -0.1) is 23.7 Å². The first-order valence-electron chi connectivity index (χ1n) is 8.47. The molecule has 1 aliphatic rings. The molecule has 0 bridgehead atoms. The largest absolute Gasteiger partial charge is 0.337 e. The molecule has 3 heterocycles. The van der Waals surface area contributed by atoms with Gasteiger partial charge in [-0.2, -0.15) is 0 Å². The molecule has 0 spiro atoms. The number of hydrogen-bond donors (Lipinski definition) is 1. The molecule has 1 N–H and O–H groups in total. The molecule has 1 saturated heterocycles. The number of rotatable bonds is 4. The molecule has 1 unspecified atom stereocenters. The van der Waals surface area contributed by atoms with Crippen LogP contribution in [0, 0.1) is 0 Å². The van der Waals surface area contributed by atoms with E-state index in [0.717, 1.165) is 37.0 Å². The number of aryl methyl sites for hydroxylation is 1. The van der Waals surface area contributed by atoms with Crippen molar-refractivity contribution in [1.82, 2.24) is 19.8 Å². The molecule has 0 aliphatic carbocycles. The minimum atomic E-state index is 0. The lowest BCUT2D eigenvalue weighted by Gasteiger charge is -2.35. The zero-order valence-electron chi connectivity index (χ0n) is 14.6. The molecule has 0 amide bonds. The third-order valence-corrected chi connectivity index (χ3v) is 5.99. The molecule has 138 valence electrons. The molecule has 1 aromatic carbocycles. The number of nitrogens with one attached hydrogen (secondary N) is 1. The topological polar surface area (TPSA) is 33.1 Å². The van der Waals surface area contributed by atoms with Gasteiger partial charge in [0, 0.05) is 60.4 Å². The fourth-order valence-corrected chi connectivity index (χ4v) is 4.57. The zero-order chi connectivity index (χ0) is 17.2. The molecule has 3 aromatic rings. The van der Waals surface area contributed by atoms with Gasteiger partial charge in [0.25, 0.3) is 0 Å². The number of piperazine rings is 1. The number of halogens is 2. The van der Waals surface area contributed by atoms with Crippen LogP contribution in [0.2, 0.25) is 5.02 Å². The minimum Gasteiger partial charge on any atom is -0.337 e. The second-order valence-electron chi connectivity index (χ2n) is 6.36. The Morgan fingerprint density at radius 3 is 2.96 bits per heavy atom. The molecule has 26 heavy (non-hydrogen) atoms. The Labute approximate surface area is 169 Å². The van der Waals surface area contributed by atoms with Crippen LogP contribution in [0.3, 0.4) is 0 Å². The van der Waals surface area contributed by atoms with Crippen LogP contribution in [0.15, 0.2) is 48.8 Å². The first-order valence-corrected chi connectivity index (χ1v) is 9.67. The first kappa shape index (κ1) is 19.4. The second-order valence-corrected chi connectivity index (χ2v) is 7.97. The fourth-order valence-electron chi connectivity index (χ4n) is 3.35. The molecule has 1 atom stereocenters. The molecule has 0 saturated carbocycles. The Kier molecular flexibility index (Phi) is 6.37. The Morgan fingerprint density at radius 2 is 2.19 bits per heavy atom. The van der Waals surface area contributed by atoms with Crippen molar-refractivity contribution in [3.63, 3.8) is 0 Å². The van der Waals surface area contributed by atoms with Gasteiger partial charge in [-0.25, -0.2) is 4.98 Å². The summed E-state index contributed by atoms with van der Waals surface area (Å²) in [6, 6.07) is 12.8. The van der Waals surface area contributed by atoms with E-state index < -0.39 is 0 Å². The van der Waals surface area contributed by atoms with Gasteiger partial charge in [0.05, 0.1) is 6.04 Å². The minimum absolute atomic E-state index is 0. The van der Waals surface area contributed by atoms with E-state index in [-0.39, 0.29) is 12.4 Å². The highest BCUT2D eigenvalue weighted by Crippen LogP contribution is 2.32. The van der Waals surface area contributed by atoms with Gasteiger partial charge in [0.1, 0.15) is 5.82 Å². The lowest BCUT2D eigenvalue weighted by Crippen LogP contribution is -2.46. The molecule has 4 rings (SSSR count). The van der Waals surface area contributed by atoms with Crippen molar-refractivity contribution >= 4 is 35.3 Å². The monoisotopic (exact) mass is 408 g/mol. The Balaban J connectivity index is 0.00000196. The van der Waals surface area contributed by atoms with E-state index in [1.54, 1.807) is 0 Å². The first-order chi connectivity index (χ1) is 12.2. The van der Waals surface area contributed by atoms with Crippen LogP contribution in [-0.4, -0.2) is 34.1 Å². The highest BCUT2D eigenvalue weighted by Gasteiger charge is 2.27. The zero-order valence-corrected chi connectivity index (χ0v) is 16.9. The lowest BCUT2D eigenvalue weighted by atomic mass is 10.1. The maximum Gasteiger partial charge on any atom is 0.127 e. The number of imidazole rings is 1. The van der Waals surface area contributed by atoms with Crippen LogP contribution < -0.4 is 5.32 Å². The van der Waals surface area contributed by atoms with Crippen molar-refractivity contribution in [2.75, 3.05) is 19.6 Å².